The Hall–Kier alpha value is -2.14. The van der Waals surface area contributed by atoms with E-state index in [2.05, 4.69) is 48.7 Å². The van der Waals surface area contributed by atoms with Crippen LogP contribution >= 0.6 is 0 Å². The lowest BCUT2D eigenvalue weighted by Gasteiger charge is -2.37. The van der Waals surface area contributed by atoms with Gasteiger partial charge in [-0.25, -0.2) is 0 Å². The highest BCUT2D eigenvalue weighted by molar-refractivity contribution is 5.95. The average molecular weight is 327 g/mol. The zero-order valence-corrected chi connectivity index (χ0v) is 15.1. The third-order valence-corrected chi connectivity index (χ3v) is 4.28. The molecule has 129 valence electrons. The van der Waals surface area contributed by atoms with Gasteiger partial charge in [0.15, 0.2) is 6.29 Å². The number of amides is 1. The summed E-state index contributed by atoms with van der Waals surface area (Å²) in [6.45, 7) is 11.7. The van der Waals surface area contributed by atoms with Crippen LogP contribution < -0.4 is 0 Å². The Bertz CT molecular complexity index is 589. The van der Waals surface area contributed by atoms with Crippen LogP contribution in [0.5, 0.6) is 0 Å². The zero-order chi connectivity index (χ0) is 17.5. The van der Waals surface area contributed by atoms with Crippen LogP contribution in [-0.2, 0) is 0 Å². The molecule has 0 aliphatic carbocycles. The van der Waals surface area contributed by atoms with E-state index >= 15 is 0 Å². The maximum atomic E-state index is 13.0. The fourth-order valence-corrected chi connectivity index (χ4v) is 2.81. The lowest BCUT2D eigenvalue weighted by molar-refractivity contribution is 0.0493. The van der Waals surface area contributed by atoms with Crippen LogP contribution in [0, 0.1) is 6.20 Å². The number of hydrogen-bond acceptors (Lipinski definition) is 4. The molecule has 1 aromatic rings. The van der Waals surface area contributed by atoms with Crippen LogP contribution in [0.15, 0.2) is 41.0 Å². The van der Waals surface area contributed by atoms with Crippen molar-refractivity contribution in [2.45, 2.75) is 34.0 Å². The minimum Gasteiger partial charge on any atom is -0.369 e. The van der Waals surface area contributed by atoms with E-state index in [1.54, 1.807) is 4.90 Å². The first-order chi connectivity index (χ1) is 11.7. The Morgan fingerprint density at radius 2 is 1.71 bits per heavy atom. The van der Waals surface area contributed by atoms with Crippen molar-refractivity contribution < 1.29 is 4.79 Å². The van der Waals surface area contributed by atoms with Crippen LogP contribution in [0.4, 0.5) is 0 Å². The second-order valence-electron chi connectivity index (χ2n) is 5.56. The van der Waals surface area contributed by atoms with E-state index in [0.717, 1.165) is 31.9 Å². The lowest BCUT2D eigenvalue weighted by Crippen LogP contribution is -2.50. The van der Waals surface area contributed by atoms with Gasteiger partial charge in [0.1, 0.15) is 0 Å². The van der Waals surface area contributed by atoms with Crippen LogP contribution in [0.2, 0.25) is 0 Å². The van der Waals surface area contributed by atoms with Crippen molar-refractivity contribution in [3.63, 3.8) is 0 Å². The van der Waals surface area contributed by atoms with E-state index in [0.29, 0.717) is 5.56 Å². The van der Waals surface area contributed by atoms with Crippen molar-refractivity contribution in [2.75, 3.05) is 26.2 Å². The van der Waals surface area contributed by atoms with Gasteiger partial charge in [-0.3, -0.25) is 19.6 Å². The Labute approximate surface area is 145 Å². The maximum Gasteiger partial charge on any atom is 0.261 e. The number of rotatable bonds is 7. The molecule has 2 rings (SSSR count). The molecule has 0 bridgehead atoms. The molecule has 1 aliphatic heterocycles. The molecule has 0 aromatic heterocycles. The summed E-state index contributed by atoms with van der Waals surface area (Å²) in [5.41, 5.74) is 1.51. The molecule has 5 heteroatoms. The summed E-state index contributed by atoms with van der Waals surface area (Å²) in [6, 6.07) is 9.33. The number of hydrogen-bond donors (Lipinski definition) is 0. The predicted molar refractivity (Wildman–Crippen MR) is 97.5 cm³/mol. The van der Waals surface area contributed by atoms with Crippen molar-refractivity contribution in [3.05, 3.63) is 47.8 Å². The molecule has 1 atom stereocenters. The fraction of sp³-hybridized carbons (Fsp3) is 0.474. The second-order valence-corrected chi connectivity index (χ2v) is 5.56. The van der Waals surface area contributed by atoms with E-state index < -0.39 is 0 Å². The number of carbonyl (C=O) groups is 1. The molecule has 24 heavy (non-hydrogen) atoms. The fourth-order valence-electron chi connectivity index (χ4n) is 2.81. The topological polar surface area (TPSA) is 39.1 Å². The minimum atomic E-state index is -0.341. The first-order valence-electron chi connectivity index (χ1n) is 8.70. The van der Waals surface area contributed by atoms with Gasteiger partial charge in [-0.1, -0.05) is 32.0 Å². The molecule has 1 amide bonds. The van der Waals surface area contributed by atoms with Gasteiger partial charge in [0.2, 0.25) is 0 Å². The number of carbonyl (C=O) groups excluding carboxylic acids is 1. The Kier molecular flexibility index (Phi) is 6.55. The smallest absolute Gasteiger partial charge is 0.261 e. The summed E-state index contributed by atoms with van der Waals surface area (Å²) >= 11 is 0. The van der Waals surface area contributed by atoms with Crippen molar-refractivity contribution in [3.8, 4) is 0 Å². The molecule has 1 radical (unpaired) electrons. The summed E-state index contributed by atoms with van der Waals surface area (Å²) in [7, 11) is 0. The minimum absolute atomic E-state index is 0.0750. The van der Waals surface area contributed by atoms with E-state index in [-0.39, 0.29) is 12.2 Å². The lowest BCUT2D eigenvalue weighted by atomic mass is 10.2. The van der Waals surface area contributed by atoms with E-state index in [9.17, 15) is 4.79 Å². The van der Waals surface area contributed by atoms with Gasteiger partial charge in [0.05, 0.1) is 18.1 Å². The molecule has 1 aromatic carbocycles. The van der Waals surface area contributed by atoms with Gasteiger partial charge in [0.25, 0.3) is 5.91 Å². The quantitative estimate of drug-likeness (QED) is 0.773. The largest absolute Gasteiger partial charge is 0.369 e. The van der Waals surface area contributed by atoms with Crippen LogP contribution in [0.3, 0.4) is 0 Å². The molecule has 0 saturated heterocycles. The third-order valence-electron chi connectivity index (χ3n) is 4.28. The van der Waals surface area contributed by atoms with Crippen molar-refractivity contribution in [2.24, 2.45) is 4.99 Å². The predicted octanol–water partition coefficient (Wildman–Crippen LogP) is 2.82. The van der Waals surface area contributed by atoms with Crippen LogP contribution in [0.25, 0.3) is 0 Å². The molecule has 5 nitrogen and oxygen atoms in total. The van der Waals surface area contributed by atoms with E-state index in [1.807, 2.05) is 36.5 Å². The molecule has 1 aliphatic rings. The van der Waals surface area contributed by atoms with Crippen LogP contribution in [0.1, 0.15) is 38.1 Å². The summed E-state index contributed by atoms with van der Waals surface area (Å²) in [5, 5.41) is 0. The Morgan fingerprint density at radius 3 is 2.25 bits per heavy atom. The highest BCUT2D eigenvalue weighted by atomic mass is 16.2. The molecule has 0 spiro atoms. The Balaban J connectivity index is 2.38. The van der Waals surface area contributed by atoms with Crippen molar-refractivity contribution in [1.29, 1.82) is 0 Å². The van der Waals surface area contributed by atoms with Gasteiger partial charge in [0, 0.05) is 18.7 Å². The summed E-state index contributed by atoms with van der Waals surface area (Å²) in [6.07, 6.45) is 4.79. The maximum absolute atomic E-state index is 13.0. The van der Waals surface area contributed by atoms with Gasteiger partial charge in [-0.05, 0) is 39.1 Å². The number of nitrogens with zero attached hydrogens (tertiary/aromatic N) is 4. The molecular weight excluding hydrogens is 300 g/mol. The molecule has 1 heterocycles. The van der Waals surface area contributed by atoms with Crippen LogP contribution in [-0.4, -0.2) is 59.3 Å². The van der Waals surface area contributed by atoms with Crippen molar-refractivity contribution in [1.82, 2.24) is 14.7 Å². The highest BCUT2D eigenvalue weighted by Gasteiger charge is 2.30. The number of allylic oxidation sites excluding steroid dienone is 1. The molecule has 1 unspecified atom stereocenters. The molecule has 0 saturated carbocycles. The number of aliphatic imine (C=N–C) groups is 1. The molecule has 0 N–H and O–H groups in total. The summed E-state index contributed by atoms with van der Waals surface area (Å²) in [5.74, 6) is -0.0750. The van der Waals surface area contributed by atoms with Gasteiger partial charge in [-0.15, -0.1) is 0 Å². The first-order valence-corrected chi connectivity index (χ1v) is 8.70. The zero-order valence-electron chi connectivity index (χ0n) is 15.1. The SMILES string of the molecule is CCN(CC)C1=[C]N(C(=O)c2ccccc2)C(N(CC)CC)N=C1. The first kappa shape index (κ1) is 18.2. The Morgan fingerprint density at radius 1 is 1.08 bits per heavy atom. The normalized spacial score (nSPS) is 17.1. The molecule has 0 fully saturated rings. The van der Waals surface area contributed by atoms with Gasteiger partial charge in [-0.2, -0.15) is 0 Å². The van der Waals surface area contributed by atoms with E-state index in [4.69, 9.17) is 0 Å². The van der Waals surface area contributed by atoms with Crippen molar-refractivity contribution >= 4 is 12.1 Å². The van der Waals surface area contributed by atoms with E-state index in [1.165, 1.54) is 0 Å². The summed E-state index contributed by atoms with van der Waals surface area (Å²) in [4.78, 5) is 23.6. The standard InChI is InChI=1S/C19H27N4O/c1-5-21(6-2)17-14-20-19(22(7-3)8-4)23(15-17)18(24)16-12-10-9-11-13-16/h9-14,19H,5-8H2,1-4H3. The monoisotopic (exact) mass is 327 g/mol. The third kappa shape index (κ3) is 3.85. The average Bonchev–Trinajstić information content (AvgIpc) is 2.64. The highest BCUT2D eigenvalue weighted by Crippen LogP contribution is 2.19. The number of benzene rings is 1. The van der Waals surface area contributed by atoms with Gasteiger partial charge < -0.3 is 4.90 Å². The molecular formula is C19H27N4O. The van der Waals surface area contributed by atoms with Gasteiger partial charge >= 0.3 is 0 Å². The second kappa shape index (κ2) is 8.64. The summed E-state index contributed by atoms with van der Waals surface area (Å²) < 4.78 is 0.